The summed E-state index contributed by atoms with van der Waals surface area (Å²) in [5, 5.41) is 24.5. The molecule has 0 atom stereocenters. The standard InChI is InChI=1S/C18H17N5O6/c1-2-29-16-4-3-7-21-11-13(20-17(16)21)5-6-19-18(24)12-8-14(22(25)26)10-15(9-12)23(27)28/h3-4,7-11H,2,5-6H2,1H3,(H,19,24). The Morgan fingerprint density at radius 3 is 2.52 bits per heavy atom. The van der Waals surface area contributed by atoms with Crippen LogP contribution in [-0.2, 0) is 6.42 Å². The van der Waals surface area contributed by atoms with Gasteiger partial charge in [-0.1, -0.05) is 0 Å². The number of nitro groups is 2. The molecule has 0 radical (unpaired) electrons. The maximum Gasteiger partial charge on any atom is 0.277 e. The van der Waals surface area contributed by atoms with E-state index in [2.05, 4.69) is 10.3 Å². The minimum atomic E-state index is -0.781. The Bertz CT molecular complexity index is 1060. The number of non-ortho nitro benzene ring substituents is 2. The lowest BCUT2D eigenvalue weighted by molar-refractivity contribution is -0.394. The first-order valence-electron chi connectivity index (χ1n) is 8.70. The number of aromatic nitrogens is 2. The van der Waals surface area contributed by atoms with Crippen molar-refractivity contribution in [1.29, 1.82) is 0 Å². The van der Waals surface area contributed by atoms with Gasteiger partial charge in [-0.3, -0.25) is 25.0 Å². The third kappa shape index (κ3) is 4.46. The molecular weight excluding hydrogens is 382 g/mol. The van der Waals surface area contributed by atoms with E-state index in [9.17, 15) is 25.0 Å². The summed E-state index contributed by atoms with van der Waals surface area (Å²) in [6.45, 7) is 2.58. The number of carbonyl (C=O) groups is 1. The van der Waals surface area contributed by atoms with Gasteiger partial charge < -0.3 is 14.5 Å². The van der Waals surface area contributed by atoms with Gasteiger partial charge >= 0.3 is 0 Å². The number of rotatable bonds is 8. The van der Waals surface area contributed by atoms with Crippen LogP contribution in [0.2, 0.25) is 0 Å². The predicted octanol–water partition coefficient (Wildman–Crippen LogP) is 2.52. The zero-order valence-electron chi connectivity index (χ0n) is 15.4. The Labute approximate surface area is 164 Å². The van der Waals surface area contributed by atoms with E-state index >= 15 is 0 Å². The lowest BCUT2D eigenvalue weighted by Gasteiger charge is -2.04. The minimum Gasteiger partial charge on any atom is -0.490 e. The molecule has 0 aliphatic heterocycles. The molecule has 0 fully saturated rings. The van der Waals surface area contributed by atoms with Crippen molar-refractivity contribution in [2.24, 2.45) is 0 Å². The molecule has 11 nitrogen and oxygen atoms in total. The molecule has 1 N–H and O–H groups in total. The molecule has 0 saturated heterocycles. The molecule has 0 aliphatic rings. The quantitative estimate of drug-likeness (QED) is 0.453. The number of amides is 1. The average molecular weight is 399 g/mol. The third-order valence-corrected chi connectivity index (χ3v) is 4.05. The molecule has 0 unspecified atom stereocenters. The lowest BCUT2D eigenvalue weighted by Crippen LogP contribution is -2.26. The molecule has 2 heterocycles. The maximum atomic E-state index is 12.3. The van der Waals surface area contributed by atoms with Crippen LogP contribution < -0.4 is 10.1 Å². The maximum absolute atomic E-state index is 12.3. The highest BCUT2D eigenvalue weighted by Gasteiger charge is 2.19. The Morgan fingerprint density at radius 1 is 1.21 bits per heavy atom. The first kappa shape index (κ1) is 19.7. The first-order chi connectivity index (χ1) is 13.9. The fourth-order valence-electron chi connectivity index (χ4n) is 2.77. The molecule has 11 heteroatoms. The second kappa shape index (κ2) is 8.33. The second-order valence-corrected chi connectivity index (χ2v) is 6.03. The average Bonchev–Trinajstić information content (AvgIpc) is 3.11. The summed E-state index contributed by atoms with van der Waals surface area (Å²) in [5.74, 6) is 0.00441. The van der Waals surface area contributed by atoms with Gasteiger partial charge in [0.15, 0.2) is 11.4 Å². The predicted molar refractivity (Wildman–Crippen MR) is 102 cm³/mol. The number of nitrogens with one attached hydrogen (secondary N) is 1. The second-order valence-electron chi connectivity index (χ2n) is 6.03. The van der Waals surface area contributed by atoms with Crippen LogP contribution in [0.3, 0.4) is 0 Å². The number of ether oxygens (including phenoxy) is 1. The highest BCUT2D eigenvalue weighted by Crippen LogP contribution is 2.23. The van der Waals surface area contributed by atoms with Crippen LogP contribution in [0.1, 0.15) is 23.0 Å². The molecule has 150 valence electrons. The summed E-state index contributed by atoms with van der Waals surface area (Å²) < 4.78 is 7.34. The SMILES string of the molecule is CCOc1cccn2cc(CCNC(=O)c3cc([N+](=O)[O-])cc([N+](=O)[O-])c3)nc12. The van der Waals surface area contributed by atoms with Crippen LogP contribution in [0.5, 0.6) is 5.75 Å². The molecule has 0 spiro atoms. The number of carbonyl (C=O) groups excluding carboxylic acids is 1. The highest BCUT2D eigenvalue weighted by molar-refractivity contribution is 5.95. The first-order valence-corrected chi connectivity index (χ1v) is 8.70. The number of nitro benzene ring substituents is 2. The molecular formula is C18H17N5O6. The van der Waals surface area contributed by atoms with Gasteiger partial charge in [-0.25, -0.2) is 4.98 Å². The monoisotopic (exact) mass is 399 g/mol. The fraction of sp³-hybridized carbons (Fsp3) is 0.222. The van der Waals surface area contributed by atoms with Crippen molar-refractivity contribution in [3.8, 4) is 5.75 Å². The summed E-state index contributed by atoms with van der Waals surface area (Å²) in [6, 6.07) is 6.46. The van der Waals surface area contributed by atoms with E-state index in [4.69, 9.17) is 4.74 Å². The molecule has 0 aliphatic carbocycles. The molecule has 0 saturated carbocycles. The van der Waals surface area contributed by atoms with Crippen molar-refractivity contribution < 1.29 is 19.4 Å². The lowest BCUT2D eigenvalue weighted by atomic mass is 10.1. The van der Waals surface area contributed by atoms with Gasteiger partial charge in [-0.05, 0) is 19.1 Å². The number of pyridine rings is 1. The van der Waals surface area contributed by atoms with Gasteiger partial charge in [0, 0.05) is 37.5 Å². The summed E-state index contributed by atoms with van der Waals surface area (Å²) in [6.07, 6.45) is 4.04. The van der Waals surface area contributed by atoms with Gasteiger partial charge in [-0.2, -0.15) is 0 Å². The van der Waals surface area contributed by atoms with E-state index in [1.165, 1.54) is 0 Å². The van der Waals surface area contributed by atoms with Crippen molar-refractivity contribution >= 4 is 22.9 Å². The van der Waals surface area contributed by atoms with Crippen molar-refractivity contribution in [1.82, 2.24) is 14.7 Å². The van der Waals surface area contributed by atoms with Crippen LogP contribution >= 0.6 is 0 Å². The molecule has 2 aromatic heterocycles. The van der Waals surface area contributed by atoms with Crippen molar-refractivity contribution in [3.05, 3.63) is 74.2 Å². The number of nitrogens with zero attached hydrogens (tertiary/aromatic N) is 4. The van der Waals surface area contributed by atoms with Crippen molar-refractivity contribution in [2.45, 2.75) is 13.3 Å². The van der Waals surface area contributed by atoms with Gasteiger partial charge in [0.25, 0.3) is 17.3 Å². The Balaban J connectivity index is 1.70. The fourth-order valence-corrected chi connectivity index (χ4v) is 2.77. The van der Waals surface area contributed by atoms with Gasteiger partial charge in [0.2, 0.25) is 0 Å². The number of fused-ring (bicyclic) bond motifs is 1. The normalized spacial score (nSPS) is 10.7. The van der Waals surface area contributed by atoms with Crippen LogP contribution in [0, 0.1) is 20.2 Å². The topological polar surface area (TPSA) is 142 Å². The van der Waals surface area contributed by atoms with Crippen molar-refractivity contribution in [2.75, 3.05) is 13.2 Å². The Hall–Kier alpha value is -4.02. The van der Waals surface area contributed by atoms with E-state index in [-0.39, 0.29) is 12.1 Å². The number of hydrogen-bond acceptors (Lipinski definition) is 7. The molecule has 3 rings (SSSR count). The summed E-state index contributed by atoms with van der Waals surface area (Å²) in [7, 11) is 0. The van der Waals surface area contributed by atoms with Gasteiger partial charge in [-0.15, -0.1) is 0 Å². The van der Waals surface area contributed by atoms with E-state index in [1.54, 1.807) is 0 Å². The van der Waals surface area contributed by atoms with E-state index in [1.807, 2.05) is 35.9 Å². The zero-order valence-corrected chi connectivity index (χ0v) is 15.4. The number of imidazole rings is 1. The zero-order chi connectivity index (χ0) is 21.0. The van der Waals surface area contributed by atoms with Crippen LogP contribution in [-0.4, -0.2) is 38.3 Å². The smallest absolute Gasteiger partial charge is 0.277 e. The largest absolute Gasteiger partial charge is 0.490 e. The van der Waals surface area contributed by atoms with Crippen LogP contribution in [0.15, 0.2) is 42.7 Å². The van der Waals surface area contributed by atoms with Crippen LogP contribution in [0.4, 0.5) is 11.4 Å². The highest BCUT2D eigenvalue weighted by atomic mass is 16.6. The molecule has 3 aromatic rings. The molecule has 29 heavy (non-hydrogen) atoms. The molecule has 0 bridgehead atoms. The third-order valence-electron chi connectivity index (χ3n) is 4.05. The number of hydrogen-bond donors (Lipinski definition) is 1. The summed E-state index contributed by atoms with van der Waals surface area (Å²) in [4.78, 5) is 37.1. The van der Waals surface area contributed by atoms with Crippen LogP contribution in [0.25, 0.3) is 5.65 Å². The summed E-state index contributed by atoms with van der Waals surface area (Å²) >= 11 is 0. The summed E-state index contributed by atoms with van der Waals surface area (Å²) in [5.41, 5.74) is 0.174. The number of benzene rings is 1. The van der Waals surface area contributed by atoms with E-state index < -0.39 is 27.1 Å². The van der Waals surface area contributed by atoms with Gasteiger partial charge in [0.1, 0.15) is 0 Å². The van der Waals surface area contributed by atoms with Crippen molar-refractivity contribution in [3.63, 3.8) is 0 Å². The Kier molecular flexibility index (Phi) is 5.67. The van der Waals surface area contributed by atoms with E-state index in [0.29, 0.717) is 30.1 Å². The molecule has 1 amide bonds. The minimum absolute atomic E-state index is 0.153. The molecule has 1 aromatic carbocycles. The van der Waals surface area contributed by atoms with Gasteiger partial charge in [0.05, 0.1) is 33.8 Å². The Morgan fingerprint density at radius 2 is 1.90 bits per heavy atom. The van der Waals surface area contributed by atoms with E-state index in [0.717, 1.165) is 18.2 Å².